The Morgan fingerprint density at radius 3 is 2.74 bits per heavy atom. The minimum atomic E-state index is 0.575. The van der Waals surface area contributed by atoms with Crippen LogP contribution in [0.4, 0.5) is 0 Å². The van der Waals surface area contributed by atoms with E-state index < -0.39 is 0 Å². The van der Waals surface area contributed by atoms with E-state index >= 15 is 0 Å². The Hall–Kier alpha value is -1.28. The van der Waals surface area contributed by atoms with Gasteiger partial charge in [0, 0.05) is 24.7 Å². The molecule has 0 radical (unpaired) electrons. The van der Waals surface area contributed by atoms with Crippen LogP contribution in [-0.2, 0) is 7.05 Å². The van der Waals surface area contributed by atoms with Gasteiger partial charge in [-0.2, -0.15) is 0 Å². The SMILES string of the molecule is Cc1c(C2CCNC2)c2cccc(C(C)C)c2n1C. The Morgan fingerprint density at radius 1 is 1.32 bits per heavy atom. The van der Waals surface area contributed by atoms with Crippen molar-refractivity contribution < 1.29 is 0 Å². The molecule has 1 aliphatic heterocycles. The number of para-hydroxylation sites is 1. The molecule has 19 heavy (non-hydrogen) atoms. The predicted octanol–water partition coefficient (Wildman–Crippen LogP) is 3.69. The maximum absolute atomic E-state index is 3.50. The molecule has 0 spiro atoms. The van der Waals surface area contributed by atoms with Crippen LogP contribution in [0.3, 0.4) is 0 Å². The Labute approximate surface area is 115 Å². The van der Waals surface area contributed by atoms with Crippen LogP contribution in [0.1, 0.15) is 48.9 Å². The standard InChI is InChI=1S/C17H24N2/c1-11(2)14-6-5-7-15-16(13-8-9-18-10-13)12(3)19(4)17(14)15/h5-7,11,13,18H,8-10H2,1-4H3. The van der Waals surface area contributed by atoms with Gasteiger partial charge in [0.15, 0.2) is 0 Å². The summed E-state index contributed by atoms with van der Waals surface area (Å²) < 4.78 is 2.40. The van der Waals surface area contributed by atoms with Gasteiger partial charge < -0.3 is 9.88 Å². The molecule has 1 fully saturated rings. The van der Waals surface area contributed by atoms with Crippen molar-refractivity contribution >= 4 is 10.9 Å². The number of fused-ring (bicyclic) bond motifs is 1. The highest BCUT2D eigenvalue weighted by molar-refractivity contribution is 5.89. The van der Waals surface area contributed by atoms with Crippen molar-refractivity contribution in [3.63, 3.8) is 0 Å². The summed E-state index contributed by atoms with van der Waals surface area (Å²) in [6.07, 6.45) is 1.27. The maximum Gasteiger partial charge on any atom is 0.0517 e. The van der Waals surface area contributed by atoms with Gasteiger partial charge >= 0.3 is 0 Å². The second kappa shape index (κ2) is 4.68. The first-order valence-corrected chi connectivity index (χ1v) is 7.39. The first-order chi connectivity index (χ1) is 9.11. The second-order valence-corrected chi connectivity index (χ2v) is 6.15. The highest BCUT2D eigenvalue weighted by Gasteiger charge is 2.24. The molecule has 1 unspecified atom stereocenters. The van der Waals surface area contributed by atoms with Crippen LogP contribution in [0.15, 0.2) is 18.2 Å². The average molecular weight is 256 g/mol. The molecular weight excluding hydrogens is 232 g/mol. The fraction of sp³-hybridized carbons (Fsp3) is 0.529. The Balaban J connectivity index is 2.28. The van der Waals surface area contributed by atoms with E-state index in [1.165, 1.54) is 28.6 Å². The lowest BCUT2D eigenvalue weighted by atomic mass is 9.93. The van der Waals surface area contributed by atoms with E-state index in [-0.39, 0.29) is 0 Å². The summed E-state index contributed by atoms with van der Waals surface area (Å²) in [5, 5.41) is 4.97. The van der Waals surface area contributed by atoms with Crippen molar-refractivity contribution in [1.29, 1.82) is 0 Å². The van der Waals surface area contributed by atoms with E-state index in [4.69, 9.17) is 0 Å². The molecule has 1 saturated heterocycles. The van der Waals surface area contributed by atoms with Crippen LogP contribution >= 0.6 is 0 Å². The van der Waals surface area contributed by atoms with Crippen molar-refractivity contribution in [2.24, 2.45) is 7.05 Å². The minimum absolute atomic E-state index is 0.575. The summed E-state index contributed by atoms with van der Waals surface area (Å²) in [5.41, 5.74) is 5.93. The Bertz CT molecular complexity index is 601. The smallest absolute Gasteiger partial charge is 0.0517 e. The topological polar surface area (TPSA) is 17.0 Å². The van der Waals surface area contributed by atoms with E-state index in [2.05, 4.69) is 55.9 Å². The first kappa shape index (κ1) is 12.7. The van der Waals surface area contributed by atoms with Gasteiger partial charge in [-0.1, -0.05) is 32.0 Å². The lowest BCUT2D eigenvalue weighted by molar-refractivity contribution is 0.751. The third-order valence-electron chi connectivity index (χ3n) is 4.68. The molecule has 0 saturated carbocycles. The molecule has 2 aromatic rings. The molecule has 2 heterocycles. The molecule has 1 aromatic carbocycles. The summed E-state index contributed by atoms with van der Waals surface area (Å²) in [6.45, 7) is 9.13. The fourth-order valence-corrected chi connectivity index (χ4v) is 3.58. The molecule has 2 nitrogen and oxygen atoms in total. The molecule has 0 aliphatic carbocycles. The fourth-order valence-electron chi connectivity index (χ4n) is 3.58. The lowest BCUT2D eigenvalue weighted by Crippen LogP contribution is -2.08. The summed E-state index contributed by atoms with van der Waals surface area (Å²) in [6, 6.07) is 6.81. The van der Waals surface area contributed by atoms with Gasteiger partial charge in [-0.05, 0) is 42.9 Å². The van der Waals surface area contributed by atoms with Gasteiger partial charge in [0.05, 0.1) is 5.52 Å². The highest BCUT2D eigenvalue weighted by Crippen LogP contribution is 2.37. The van der Waals surface area contributed by atoms with E-state index in [1.807, 2.05) is 0 Å². The van der Waals surface area contributed by atoms with E-state index in [0.29, 0.717) is 11.8 Å². The molecule has 1 aliphatic rings. The van der Waals surface area contributed by atoms with Crippen LogP contribution in [0.25, 0.3) is 10.9 Å². The summed E-state index contributed by atoms with van der Waals surface area (Å²) >= 11 is 0. The molecule has 2 heteroatoms. The number of benzene rings is 1. The van der Waals surface area contributed by atoms with Gasteiger partial charge in [-0.25, -0.2) is 0 Å². The highest BCUT2D eigenvalue weighted by atomic mass is 15.0. The molecule has 102 valence electrons. The number of hydrogen-bond donors (Lipinski definition) is 1. The number of rotatable bonds is 2. The number of aromatic nitrogens is 1. The lowest BCUT2D eigenvalue weighted by Gasteiger charge is -2.10. The first-order valence-electron chi connectivity index (χ1n) is 7.39. The van der Waals surface area contributed by atoms with Gasteiger partial charge in [-0.3, -0.25) is 0 Å². The van der Waals surface area contributed by atoms with Gasteiger partial charge in [-0.15, -0.1) is 0 Å². The van der Waals surface area contributed by atoms with Crippen molar-refractivity contribution in [2.45, 2.75) is 39.0 Å². The van der Waals surface area contributed by atoms with Crippen LogP contribution in [0.2, 0.25) is 0 Å². The van der Waals surface area contributed by atoms with Crippen LogP contribution in [-0.4, -0.2) is 17.7 Å². The van der Waals surface area contributed by atoms with Crippen molar-refractivity contribution in [3.8, 4) is 0 Å². The quantitative estimate of drug-likeness (QED) is 0.867. The van der Waals surface area contributed by atoms with Crippen LogP contribution in [0.5, 0.6) is 0 Å². The van der Waals surface area contributed by atoms with Crippen molar-refractivity contribution in [2.75, 3.05) is 13.1 Å². The molecular formula is C17H24N2. The third-order valence-corrected chi connectivity index (χ3v) is 4.68. The zero-order chi connectivity index (χ0) is 13.6. The Kier molecular flexibility index (Phi) is 3.14. The minimum Gasteiger partial charge on any atom is -0.347 e. The van der Waals surface area contributed by atoms with Gasteiger partial charge in [0.2, 0.25) is 0 Å². The largest absolute Gasteiger partial charge is 0.347 e. The van der Waals surface area contributed by atoms with Crippen LogP contribution < -0.4 is 5.32 Å². The van der Waals surface area contributed by atoms with Crippen molar-refractivity contribution in [1.82, 2.24) is 9.88 Å². The van der Waals surface area contributed by atoms with E-state index in [0.717, 1.165) is 13.1 Å². The van der Waals surface area contributed by atoms with Gasteiger partial charge in [0.25, 0.3) is 0 Å². The number of nitrogens with one attached hydrogen (secondary N) is 1. The van der Waals surface area contributed by atoms with Gasteiger partial charge in [0.1, 0.15) is 0 Å². The zero-order valence-electron chi connectivity index (χ0n) is 12.5. The Morgan fingerprint density at radius 2 is 2.11 bits per heavy atom. The van der Waals surface area contributed by atoms with E-state index in [1.54, 1.807) is 5.56 Å². The summed E-state index contributed by atoms with van der Waals surface area (Å²) in [4.78, 5) is 0. The number of aryl methyl sites for hydroxylation is 1. The third kappa shape index (κ3) is 1.90. The predicted molar refractivity (Wildman–Crippen MR) is 82.0 cm³/mol. The monoisotopic (exact) mass is 256 g/mol. The van der Waals surface area contributed by atoms with Crippen LogP contribution in [0, 0.1) is 6.92 Å². The average Bonchev–Trinajstić information content (AvgIpc) is 2.98. The summed E-state index contributed by atoms with van der Waals surface area (Å²) in [5.74, 6) is 1.26. The second-order valence-electron chi connectivity index (χ2n) is 6.15. The zero-order valence-corrected chi connectivity index (χ0v) is 12.5. The molecule has 0 bridgehead atoms. The number of nitrogens with zero attached hydrogens (tertiary/aromatic N) is 1. The molecule has 3 rings (SSSR count). The maximum atomic E-state index is 3.50. The molecule has 1 atom stereocenters. The molecule has 1 aromatic heterocycles. The molecule has 1 N–H and O–H groups in total. The number of hydrogen-bond acceptors (Lipinski definition) is 1. The summed E-state index contributed by atoms with van der Waals surface area (Å²) in [7, 11) is 2.22. The van der Waals surface area contributed by atoms with Crippen molar-refractivity contribution in [3.05, 3.63) is 35.0 Å². The molecule has 0 amide bonds. The van der Waals surface area contributed by atoms with E-state index in [9.17, 15) is 0 Å². The normalized spacial score (nSPS) is 19.7.